The molecule has 0 aromatic heterocycles. The average Bonchev–Trinajstić information content (AvgIpc) is 3.20. The first-order valence-electron chi connectivity index (χ1n) is 21.1. The second kappa shape index (κ2) is 22.2. The first-order valence-corrected chi connectivity index (χ1v) is 21.9. The van der Waals surface area contributed by atoms with Gasteiger partial charge in [-0.15, -0.1) is 0 Å². The highest BCUT2D eigenvalue weighted by atomic mass is 35.5. The smallest absolute Gasteiger partial charge is 0.329 e. The molecule has 3 heterocycles. The first-order chi connectivity index (χ1) is 27.8. The van der Waals surface area contributed by atoms with E-state index in [1.165, 1.54) is 19.1 Å². The van der Waals surface area contributed by atoms with E-state index in [0.717, 1.165) is 5.57 Å². The number of hydrogen-bond acceptors (Lipinski definition) is 12. The molecule has 14 atom stereocenters. The molecule has 0 unspecified atom stereocenters. The number of Topliss-reactive ketones (excluding diaryl/α,β-unsaturated/α-hetero) is 2. The van der Waals surface area contributed by atoms with E-state index in [4.69, 9.17) is 46.9 Å². The van der Waals surface area contributed by atoms with Crippen molar-refractivity contribution < 1.29 is 58.2 Å². The number of ketones is 2. The number of amides is 1. The zero-order valence-corrected chi connectivity index (χ0v) is 37.5. The van der Waals surface area contributed by atoms with Gasteiger partial charge in [0.25, 0.3) is 11.7 Å². The Balaban J connectivity index is 1.80. The van der Waals surface area contributed by atoms with Crippen molar-refractivity contribution in [2.45, 2.75) is 160 Å². The number of esters is 1. The second-order valence-corrected chi connectivity index (χ2v) is 18.5. The van der Waals surface area contributed by atoms with Crippen LogP contribution >= 0.6 is 23.2 Å². The SMILES string of the molecule is CO[C@H]1C[C@@H](C)C/C(C)=C/[C@@H](CC=C(Cl)Cl)C(=O)C[C@H](O)[C@@H](C)[C@@H](/C(C)=C/[C@@H]2CC[C@@H](O)[C@H](OC)C2)OC(=O)[C@@H]2CCCCN2C(=O)C(=O)[C@]2(O)O[C@H]1[C@@H](OC)C[C@H]2C. The third-order valence-electron chi connectivity index (χ3n) is 13.0. The maximum absolute atomic E-state index is 14.3. The number of carbonyl (C=O) groups is 4. The Bertz CT molecular complexity index is 1570. The van der Waals surface area contributed by atoms with E-state index >= 15 is 0 Å². The van der Waals surface area contributed by atoms with Gasteiger partial charge in [-0.3, -0.25) is 14.4 Å². The van der Waals surface area contributed by atoms with Gasteiger partial charge in [-0.05, 0) is 95.5 Å². The summed E-state index contributed by atoms with van der Waals surface area (Å²) in [5.41, 5.74) is 1.52. The van der Waals surface area contributed by atoms with E-state index in [-0.39, 0.29) is 60.4 Å². The van der Waals surface area contributed by atoms with Crippen LogP contribution in [0.3, 0.4) is 0 Å². The summed E-state index contributed by atoms with van der Waals surface area (Å²) in [5.74, 6) is -8.19. The number of aliphatic hydroxyl groups excluding tert-OH is 2. The van der Waals surface area contributed by atoms with E-state index in [2.05, 4.69) is 0 Å². The molecule has 1 amide bonds. The number of ether oxygens (including phenoxy) is 5. The summed E-state index contributed by atoms with van der Waals surface area (Å²) in [6.07, 6.45) is 4.04. The summed E-state index contributed by atoms with van der Waals surface area (Å²) in [4.78, 5) is 58.1. The Morgan fingerprint density at radius 2 is 1.58 bits per heavy atom. The molecule has 334 valence electrons. The Morgan fingerprint density at radius 1 is 0.915 bits per heavy atom. The number of methoxy groups -OCH3 is 3. The van der Waals surface area contributed by atoms with Gasteiger partial charge >= 0.3 is 5.97 Å². The minimum atomic E-state index is -2.53. The van der Waals surface area contributed by atoms with E-state index in [0.29, 0.717) is 50.5 Å². The van der Waals surface area contributed by atoms with Gasteiger partial charge in [-0.1, -0.05) is 67.8 Å². The van der Waals surface area contributed by atoms with Crippen LogP contribution in [0.15, 0.2) is 33.9 Å². The summed E-state index contributed by atoms with van der Waals surface area (Å²) in [6.45, 7) is 9.12. The van der Waals surface area contributed by atoms with Gasteiger partial charge in [0.15, 0.2) is 0 Å². The summed E-state index contributed by atoms with van der Waals surface area (Å²) in [5, 5.41) is 34.3. The molecule has 13 nitrogen and oxygen atoms in total. The van der Waals surface area contributed by atoms with Gasteiger partial charge in [-0.25, -0.2) is 4.79 Å². The number of fused-ring (bicyclic) bond motifs is 3. The number of halogens is 2. The molecule has 3 N–H and O–H groups in total. The van der Waals surface area contributed by atoms with Crippen molar-refractivity contribution in [1.29, 1.82) is 0 Å². The van der Waals surface area contributed by atoms with Crippen LogP contribution in [0.1, 0.15) is 105 Å². The van der Waals surface area contributed by atoms with Crippen molar-refractivity contribution >= 4 is 46.6 Å². The van der Waals surface area contributed by atoms with Gasteiger partial charge in [0.05, 0.1) is 30.5 Å². The van der Waals surface area contributed by atoms with Gasteiger partial charge in [-0.2, -0.15) is 0 Å². The highest BCUT2D eigenvalue weighted by Crippen LogP contribution is 2.39. The molecule has 4 rings (SSSR count). The summed E-state index contributed by atoms with van der Waals surface area (Å²) in [7, 11) is 4.57. The topological polar surface area (TPSA) is 178 Å². The molecule has 3 fully saturated rings. The Hall–Kier alpha value is -2.20. The minimum absolute atomic E-state index is 0.0123. The predicted octanol–water partition coefficient (Wildman–Crippen LogP) is 5.77. The predicted molar refractivity (Wildman–Crippen MR) is 222 cm³/mol. The molecule has 1 saturated carbocycles. The van der Waals surface area contributed by atoms with Crippen LogP contribution in [0, 0.1) is 29.6 Å². The number of cyclic esters (lactones) is 1. The third kappa shape index (κ3) is 12.5. The molecule has 0 aromatic rings. The molecular weight excluding hydrogens is 805 g/mol. The van der Waals surface area contributed by atoms with Crippen molar-refractivity contribution in [1.82, 2.24) is 4.90 Å². The van der Waals surface area contributed by atoms with Crippen LogP contribution in [0.4, 0.5) is 0 Å². The van der Waals surface area contributed by atoms with Gasteiger partial charge in [0.2, 0.25) is 5.79 Å². The van der Waals surface area contributed by atoms with E-state index < -0.39 is 83.9 Å². The number of aliphatic hydroxyl groups is 3. The number of hydrogen-bond donors (Lipinski definition) is 3. The van der Waals surface area contributed by atoms with Gasteiger partial charge < -0.3 is 43.9 Å². The monoisotopic (exact) mass is 871 g/mol. The van der Waals surface area contributed by atoms with Gasteiger partial charge in [0.1, 0.15) is 28.5 Å². The maximum atomic E-state index is 14.3. The standard InChI is InChI=1S/C44H67Cl2NO12/c1-24-17-25(2)19-36(56-7)40-37(57-8)21-27(4)44(54,59-40)41(51)42(52)47-16-10-9-11-31(47)43(53)58-39(26(3)20-29-12-14-32(48)35(22-29)55-6)28(5)33(49)23-34(50)30(18-24)13-15-38(45)46/h15,18,20,25,27-33,35-37,39-40,48-49,54H,9-14,16-17,19,21-23H2,1-8H3/b24-18+,26-20+/t25-,27+,28+,29-,30+,31-,32+,33-,35+,36-,37-,39+,40+,44+/m0/s1. The molecule has 15 heteroatoms. The maximum Gasteiger partial charge on any atom is 0.329 e. The molecule has 4 aliphatic rings. The fourth-order valence-electron chi connectivity index (χ4n) is 9.46. The van der Waals surface area contributed by atoms with Crippen LogP contribution in [-0.4, -0.2) is 126 Å². The summed E-state index contributed by atoms with van der Waals surface area (Å²) < 4.78 is 29.8. The molecule has 0 spiro atoms. The lowest BCUT2D eigenvalue weighted by Gasteiger charge is -2.47. The van der Waals surface area contributed by atoms with E-state index in [1.807, 2.05) is 26.0 Å². The zero-order valence-electron chi connectivity index (χ0n) is 35.9. The largest absolute Gasteiger partial charge is 0.456 e. The molecule has 3 aliphatic heterocycles. The minimum Gasteiger partial charge on any atom is -0.456 e. The van der Waals surface area contributed by atoms with E-state index in [9.17, 15) is 34.5 Å². The second-order valence-electron chi connectivity index (χ2n) is 17.5. The van der Waals surface area contributed by atoms with Gasteiger partial charge in [0, 0.05) is 52.0 Å². The fourth-order valence-corrected chi connectivity index (χ4v) is 9.64. The molecule has 1 aliphatic carbocycles. The number of piperidine rings is 1. The van der Waals surface area contributed by atoms with E-state index in [1.54, 1.807) is 34.0 Å². The molecule has 2 saturated heterocycles. The normalized spacial score (nSPS) is 39.9. The quantitative estimate of drug-likeness (QED) is 0.160. The van der Waals surface area contributed by atoms with Crippen LogP contribution in [-0.2, 0) is 42.9 Å². The number of rotatable bonds is 7. The van der Waals surface area contributed by atoms with Crippen molar-refractivity contribution in [2.75, 3.05) is 27.9 Å². The molecule has 59 heavy (non-hydrogen) atoms. The van der Waals surface area contributed by atoms with Crippen molar-refractivity contribution in [2.24, 2.45) is 29.6 Å². The lowest BCUT2D eigenvalue weighted by molar-refractivity contribution is -0.302. The number of carbonyl (C=O) groups excluding carboxylic acids is 4. The van der Waals surface area contributed by atoms with Crippen molar-refractivity contribution in [3.63, 3.8) is 0 Å². The number of nitrogens with zero attached hydrogens (tertiary/aromatic N) is 1. The lowest BCUT2D eigenvalue weighted by Crippen LogP contribution is -2.64. The summed E-state index contributed by atoms with van der Waals surface area (Å²) >= 11 is 12.0. The highest BCUT2D eigenvalue weighted by Gasteiger charge is 2.56. The van der Waals surface area contributed by atoms with Crippen molar-refractivity contribution in [3.8, 4) is 0 Å². The fraction of sp³-hybridized carbons (Fsp3) is 0.773. The molecule has 0 radical (unpaired) electrons. The molecule has 2 bridgehead atoms. The molecule has 0 aromatic carbocycles. The Labute approximate surface area is 359 Å². The van der Waals surface area contributed by atoms with Crippen LogP contribution in [0.2, 0.25) is 0 Å². The van der Waals surface area contributed by atoms with Crippen LogP contribution in [0.5, 0.6) is 0 Å². The Morgan fingerprint density at radius 3 is 2.22 bits per heavy atom. The molecular formula is C44H67Cl2NO12. The highest BCUT2D eigenvalue weighted by molar-refractivity contribution is 6.55. The van der Waals surface area contributed by atoms with Crippen LogP contribution < -0.4 is 0 Å². The average molecular weight is 873 g/mol. The Kier molecular flexibility index (Phi) is 18.6. The summed E-state index contributed by atoms with van der Waals surface area (Å²) in [6, 6.07) is -1.17. The van der Waals surface area contributed by atoms with Crippen LogP contribution in [0.25, 0.3) is 0 Å². The lowest BCUT2D eigenvalue weighted by atomic mass is 9.81. The first kappa shape index (κ1) is 49.5. The number of allylic oxidation sites excluding steroid dienone is 4. The van der Waals surface area contributed by atoms with Crippen molar-refractivity contribution in [3.05, 3.63) is 33.9 Å². The zero-order chi connectivity index (χ0) is 43.8. The third-order valence-corrected chi connectivity index (χ3v) is 13.3.